The summed E-state index contributed by atoms with van der Waals surface area (Å²) in [5, 5.41) is 12.6. The molecule has 0 aliphatic carbocycles. The normalized spacial score (nSPS) is 14.7. The number of piperazine rings is 1. The van der Waals surface area contributed by atoms with E-state index in [1.165, 1.54) is 16.3 Å². The van der Waals surface area contributed by atoms with Crippen LogP contribution in [0, 0.1) is 11.3 Å². The summed E-state index contributed by atoms with van der Waals surface area (Å²) < 4.78 is 2.20. The Morgan fingerprint density at radius 2 is 1.66 bits per heavy atom. The van der Waals surface area contributed by atoms with E-state index in [2.05, 4.69) is 81.8 Å². The first-order chi connectivity index (χ1) is 17.3. The Morgan fingerprint density at radius 1 is 0.886 bits per heavy atom. The van der Waals surface area contributed by atoms with Crippen LogP contribution in [0.5, 0.6) is 0 Å². The van der Waals surface area contributed by atoms with Crippen LogP contribution in [0.25, 0.3) is 27.5 Å². The molecule has 35 heavy (non-hydrogen) atoms. The molecule has 5 heteroatoms. The zero-order chi connectivity index (χ0) is 23.8. The van der Waals surface area contributed by atoms with Gasteiger partial charge in [0.1, 0.15) is 11.9 Å². The van der Waals surface area contributed by atoms with Crippen LogP contribution in [-0.4, -0.2) is 40.5 Å². The van der Waals surface area contributed by atoms with E-state index in [4.69, 9.17) is 4.98 Å². The third-order valence-electron chi connectivity index (χ3n) is 7.24. The number of hydrogen-bond acceptors (Lipinski definition) is 4. The van der Waals surface area contributed by atoms with Crippen molar-refractivity contribution in [1.82, 2.24) is 14.3 Å². The van der Waals surface area contributed by atoms with E-state index in [-0.39, 0.29) is 0 Å². The van der Waals surface area contributed by atoms with Crippen LogP contribution >= 0.6 is 0 Å². The SMILES string of the molecule is CCCc1cc(N2CCN(Cc3cccc4ccccc34)CC2)n2c(nc3ccccc32)c1C#N. The van der Waals surface area contributed by atoms with Crippen molar-refractivity contribution >= 4 is 33.3 Å². The number of imidazole rings is 1. The van der Waals surface area contributed by atoms with E-state index in [0.29, 0.717) is 5.56 Å². The summed E-state index contributed by atoms with van der Waals surface area (Å²) in [6.07, 6.45) is 1.89. The van der Waals surface area contributed by atoms with Crippen LogP contribution in [0.15, 0.2) is 72.8 Å². The highest BCUT2D eigenvalue weighted by Gasteiger charge is 2.23. The number of rotatable bonds is 5. The van der Waals surface area contributed by atoms with Crippen LogP contribution in [0.4, 0.5) is 5.82 Å². The molecule has 1 fully saturated rings. The molecule has 0 saturated carbocycles. The maximum atomic E-state index is 10.00. The van der Waals surface area contributed by atoms with Crippen LogP contribution in [0.1, 0.15) is 30.0 Å². The second-order valence-electron chi connectivity index (χ2n) is 9.43. The number of aryl methyl sites for hydroxylation is 1. The maximum Gasteiger partial charge on any atom is 0.157 e. The van der Waals surface area contributed by atoms with Gasteiger partial charge in [0.25, 0.3) is 0 Å². The zero-order valence-corrected chi connectivity index (χ0v) is 20.1. The average Bonchev–Trinajstić information content (AvgIpc) is 3.29. The van der Waals surface area contributed by atoms with E-state index in [1.54, 1.807) is 0 Å². The van der Waals surface area contributed by atoms with Gasteiger partial charge in [0, 0.05) is 32.7 Å². The van der Waals surface area contributed by atoms with E-state index < -0.39 is 0 Å². The van der Waals surface area contributed by atoms with Gasteiger partial charge < -0.3 is 4.90 Å². The zero-order valence-electron chi connectivity index (χ0n) is 20.1. The van der Waals surface area contributed by atoms with Crippen molar-refractivity contribution in [3.05, 3.63) is 89.5 Å². The minimum absolute atomic E-state index is 0.710. The molecule has 5 aromatic rings. The average molecular weight is 460 g/mol. The number of pyridine rings is 1. The number of fused-ring (bicyclic) bond motifs is 4. The highest BCUT2D eigenvalue weighted by molar-refractivity contribution is 5.86. The number of benzene rings is 3. The predicted molar refractivity (Wildman–Crippen MR) is 143 cm³/mol. The standard InChI is InChI=1S/C30H29N5/c1-2-8-23-19-29(35-28-14-6-5-13-27(28)32-30(35)26(23)20-31)34-17-15-33(16-18-34)21-24-11-7-10-22-9-3-4-12-25(22)24/h3-7,9-14,19H,2,8,15-18,21H2,1H3. The lowest BCUT2D eigenvalue weighted by Gasteiger charge is -2.36. The molecule has 1 saturated heterocycles. The second-order valence-corrected chi connectivity index (χ2v) is 9.43. The Hall–Kier alpha value is -3.88. The predicted octanol–water partition coefficient (Wildman–Crippen LogP) is 5.79. The Bertz CT molecular complexity index is 1560. The lowest BCUT2D eigenvalue weighted by Crippen LogP contribution is -2.46. The Labute approximate surface area is 205 Å². The van der Waals surface area contributed by atoms with Crippen molar-refractivity contribution in [1.29, 1.82) is 5.26 Å². The molecular formula is C30H29N5. The molecule has 0 unspecified atom stereocenters. The number of hydrogen-bond donors (Lipinski definition) is 0. The molecule has 3 heterocycles. The first kappa shape index (κ1) is 21.6. The van der Waals surface area contributed by atoms with Gasteiger partial charge in [-0.25, -0.2) is 4.98 Å². The van der Waals surface area contributed by atoms with Gasteiger partial charge in [-0.2, -0.15) is 5.26 Å². The van der Waals surface area contributed by atoms with Crippen LogP contribution in [-0.2, 0) is 13.0 Å². The van der Waals surface area contributed by atoms with Gasteiger partial charge in [0.15, 0.2) is 5.65 Å². The number of anilines is 1. The van der Waals surface area contributed by atoms with Gasteiger partial charge >= 0.3 is 0 Å². The van der Waals surface area contributed by atoms with Gasteiger partial charge in [-0.15, -0.1) is 0 Å². The first-order valence-corrected chi connectivity index (χ1v) is 12.5. The van der Waals surface area contributed by atoms with Crippen molar-refractivity contribution in [2.24, 2.45) is 0 Å². The molecule has 0 bridgehead atoms. The monoisotopic (exact) mass is 459 g/mol. The van der Waals surface area contributed by atoms with Crippen molar-refractivity contribution in [2.75, 3.05) is 31.1 Å². The lowest BCUT2D eigenvalue weighted by molar-refractivity contribution is 0.250. The summed E-state index contributed by atoms with van der Waals surface area (Å²) in [6, 6.07) is 28.2. The molecule has 3 aromatic carbocycles. The van der Waals surface area contributed by atoms with Gasteiger partial charge in [-0.3, -0.25) is 9.30 Å². The van der Waals surface area contributed by atoms with Crippen molar-refractivity contribution in [3.8, 4) is 6.07 Å². The molecule has 1 aliphatic rings. The third kappa shape index (κ3) is 3.80. The summed E-state index contributed by atoms with van der Waals surface area (Å²) in [7, 11) is 0. The molecular weight excluding hydrogens is 430 g/mol. The van der Waals surface area contributed by atoms with Crippen molar-refractivity contribution in [2.45, 2.75) is 26.3 Å². The van der Waals surface area contributed by atoms with Crippen molar-refractivity contribution in [3.63, 3.8) is 0 Å². The van der Waals surface area contributed by atoms with E-state index in [0.717, 1.165) is 73.6 Å². The van der Waals surface area contributed by atoms with E-state index in [9.17, 15) is 5.26 Å². The fourth-order valence-corrected chi connectivity index (χ4v) is 5.49. The number of nitriles is 1. The van der Waals surface area contributed by atoms with Crippen molar-refractivity contribution < 1.29 is 0 Å². The summed E-state index contributed by atoms with van der Waals surface area (Å²) in [5.41, 5.74) is 5.99. The second kappa shape index (κ2) is 9.05. The molecule has 0 amide bonds. The fourth-order valence-electron chi connectivity index (χ4n) is 5.49. The largest absolute Gasteiger partial charge is 0.355 e. The van der Waals surface area contributed by atoms with Gasteiger partial charge in [-0.05, 0) is 46.5 Å². The summed E-state index contributed by atoms with van der Waals surface area (Å²) >= 11 is 0. The number of para-hydroxylation sites is 2. The van der Waals surface area contributed by atoms with E-state index in [1.807, 2.05) is 18.2 Å². The first-order valence-electron chi connectivity index (χ1n) is 12.5. The van der Waals surface area contributed by atoms with Crippen LogP contribution < -0.4 is 4.90 Å². The molecule has 6 rings (SSSR count). The van der Waals surface area contributed by atoms with Crippen LogP contribution in [0.3, 0.4) is 0 Å². The number of aromatic nitrogens is 2. The lowest BCUT2D eigenvalue weighted by atomic mass is 10.0. The van der Waals surface area contributed by atoms with Gasteiger partial charge in [0.2, 0.25) is 0 Å². The highest BCUT2D eigenvalue weighted by Crippen LogP contribution is 2.30. The Morgan fingerprint density at radius 3 is 2.49 bits per heavy atom. The smallest absolute Gasteiger partial charge is 0.157 e. The quantitative estimate of drug-likeness (QED) is 0.334. The minimum Gasteiger partial charge on any atom is -0.355 e. The van der Waals surface area contributed by atoms with Crippen LogP contribution in [0.2, 0.25) is 0 Å². The molecule has 2 aromatic heterocycles. The maximum absolute atomic E-state index is 10.00. The summed E-state index contributed by atoms with van der Waals surface area (Å²) in [6.45, 7) is 7.03. The fraction of sp³-hybridized carbons (Fsp3) is 0.267. The highest BCUT2D eigenvalue weighted by atomic mass is 15.3. The molecule has 0 atom stereocenters. The van der Waals surface area contributed by atoms with E-state index >= 15 is 0 Å². The molecule has 5 nitrogen and oxygen atoms in total. The Kier molecular flexibility index (Phi) is 5.60. The third-order valence-corrected chi connectivity index (χ3v) is 7.24. The molecule has 174 valence electrons. The number of nitrogens with zero attached hydrogens (tertiary/aromatic N) is 5. The minimum atomic E-state index is 0.710. The summed E-state index contributed by atoms with van der Waals surface area (Å²) in [4.78, 5) is 9.91. The molecule has 0 radical (unpaired) electrons. The molecule has 1 aliphatic heterocycles. The molecule has 0 N–H and O–H groups in total. The molecule has 0 spiro atoms. The van der Waals surface area contributed by atoms with Gasteiger partial charge in [-0.1, -0.05) is 67.9 Å². The Balaban J connectivity index is 1.33. The topological polar surface area (TPSA) is 47.6 Å². The summed E-state index contributed by atoms with van der Waals surface area (Å²) in [5.74, 6) is 1.15. The van der Waals surface area contributed by atoms with Gasteiger partial charge in [0.05, 0.1) is 16.6 Å².